The van der Waals surface area contributed by atoms with Crippen LogP contribution in [0.15, 0.2) is 60.9 Å². The van der Waals surface area contributed by atoms with Crippen molar-refractivity contribution in [1.82, 2.24) is 9.97 Å². The molecule has 3 rings (SSSR count). The van der Waals surface area contributed by atoms with E-state index in [1.165, 1.54) is 11.1 Å². The van der Waals surface area contributed by atoms with E-state index in [1.807, 2.05) is 30.3 Å². The molecule has 4 heteroatoms. The van der Waals surface area contributed by atoms with E-state index in [1.54, 1.807) is 6.33 Å². The van der Waals surface area contributed by atoms with E-state index >= 15 is 0 Å². The van der Waals surface area contributed by atoms with Crippen molar-refractivity contribution in [2.75, 3.05) is 10.6 Å². The van der Waals surface area contributed by atoms with E-state index in [0.29, 0.717) is 0 Å². The van der Waals surface area contributed by atoms with Crippen LogP contribution in [0.2, 0.25) is 0 Å². The fourth-order valence-electron chi connectivity index (χ4n) is 2.06. The monoisotopic (exact) mass is 290 g/mol. The number of aromatic nitrogens is 2. The van der Waals surface area contributed by atoms with Crippen molar-refractivity contribution in [3.63, 3.8) is 0 Å². The zero-order valence-electron chi connectivity index (χ0n) is 12.7. The molecule has 3 aromatic rings. The number of hydrogen-bond donors (Lipinski definition) is 2. The molecule has 1 aromatic heterocycles. The molecule has 4 nitrogen and oxygen atoms in total. The van der Waals surface area contributed by atoms with Gasteiger partial charge in [-0.05, 0) is 38.1 Å². The first-order valence-corrected chi connectivity index (χ1v) is 7.18. The predicted octanol–water partition coefficient (Wildman–Crippen LogP) is 4.58. The fraction of sp³-hybridized carbons (Fsp3) is 0.111. The summed E-state index contributed by atoms with van der Waals surface area (Å²) in [5.74, 6) is 1.52. The summed E-state index contributed by atoms with van der Waals surface area (Å²) in [6.45, 7) is 4.14. The second kappa shape index (κ2) is 6.26. The third kappa shape index (κ3) is 3.61. The number of benzene rings is 2. The Hall–Kier alpha value is -2.88. The van der Waals surface area contributed by atoms with E-state index in [-0.39, 0.29) is 0 Å². The Morgan fingerprint density at radius 3 is 1.45 bits per heavy atom. The van der Waals surface area contributed by atoms with Crippen LogP contribution < -0.4 is 10.6 Å². The van der Waals surface area contributed by atoms with Crippen molar-refractivity contribution in [2.24, 2.45) is 0 Å². The average Bonchev–Trinajstić information content (AvgIpc) is 2.52. The number of hydrogen-bond acceptors (Lipinski definition) is 4. The molecule has 2 aromatic carbocycles. The Kier molecular flexibility index (Phi) is 4.01. The Bertz CT molecular complexity index is 686. The highest BCUT2D eigenvalue weighted by atomic mass is 15.1. The van der Waals surface area contributed by atoms with Crippen molar-refractivity contribution < 1.29 is 0 Å². The maximum absolute atomic E-state index is 4.25. The van der Waals surface area contributed by atoms with Gasteiger partial charge in [-0.1, -0.05) is 35.4 Å². The van der Waals surface area contributed by atoms with Gasteiger partial charge in [-0.15, -0.1) is 0 Å². The lowest BCUT2D eigenvalue weighted by atomic mass is 10.2. The second-order valence-electron chi connectivity index (χ2n) is 5.27. The van der Waals surface area contributed by atoms with Crippen molar-refractivity contribution >= 4 is 23.0 Å². The Morgan fingerprint density at radius 1 is 0.636 bits per heavy atom. The van der Waals surface area contributed by atoms with E-state index in [9.17, 15) is 0 Å². The topological polar surface area (TPSA) is 49.8 Å². The molecule has 1 heterocycles. The lowest BCUT2D eigenvalue weighted by Gasteiger charge is -2.09. The van der Waals surface area contributed by atoms with Crippen LogP contribution in [0, 0.1) is 13.8 Å². The minimum Gasteiger partial charge on any atom is -0.340 e. The minimum atomic E-state index is 0.758. The van der Waals surface area contributed by atoms with E-state index in [0.717, 1.165) is 23.0 Å². The smallest absolute Gasteiger partial charge is 0.135 e. The molecule has 0 atom stereocenters. The van der Waals surface area contributed by atoms with Crippen molar-refractivity contribution in [3.05, 3.63) is 72.1 Å². The van der Waals surface area contributed by atoms with Gasteiger partial charge in [0.15, 0.2) is 0 Å². The standard InChI is InChI=1S/C18H18N4/c1-13-3-7-15(8-4-13)21-17-11-18(20-12-19-17)22-16-9-5-14(2)6-10-16/h3-12H,1-2H3,(H2,19,20,21,22). The summed E-state index contributed by atoms with van der Waals surface area (Å²) >= 11 is 0. The van der Waals surface area contributed by atoms with Crippen LogP contribution in [0.4, 0.5) is 23.0 Å². The molecule has 0 radical (unpaired) electrons. The van der Waals surface area contributed by atoms with Gasteiger partial charge in [0.1, 0.15) is 18.0 Å². The third-order valence-corrected chi connectivity index (χ3v) is 3.32. The maximum atomic E-state index is 4.25. The number of nitrogens with one attached hydrogen (secondary N) is 2. The van der Waals surface area contributed by atoms with Crippen molar-refractivity contribution in [2.45, 2.75) is 13.8 Å². The summed E-state index contributed by atoms with van der Waals surface area (Å²) < 4.78 is 0. The largest absolute Gasteiger partial charge is 0.340 e. The zero-order chi connectivity index (χ0) is 15.4. The molecule has 2 N–H and O–H groups in total. The molecule has 0 saturated heterocycles. The van der Waals surface area contributed by atoms with Gasteiger partial charge in [-0.25, -0.2) is 9.97 Å². The molecular formula is C18H18N4. The normalized spacial score (nSPS) is 10.3. The van der Waals surface area contributed by atoms with E-state index in [2.05, 4.69) is 58.7 Å². The first-order chi connectivity index (χ1) is 10.7. The zero-order valence-corrected chi connectivity index (χ0v) is 12.7. The van der Waals surface area contributed by atoms with Gasteiger partial charge in [-0.2, -0.15) is 0 Å². The molecule has 0 bridgehead atoms. The first kappa shape index (κ1) is 14.1. The molecule has 110 valence electrons. The van der Waals surface area contributed by atoms with Gasteiger partial charge < -0.3 is 10.6 Å². The maximum Gasteiger partial charge on any atom is 0.135 e. The fourth-order valence-corrected chi connectivity index (χ4v) is 2.06. The van der Waals surface area contributed by atoms with Gasteiger partial charge in [0, 0.05) is 17.4 Å². The van der Waals surface area contributed by atoms with Crippen molar-refractivity contribution in [1.29, 1.82) is 0 Å². The Balaban J connectivity index is 1.74. The highest BCUT2D eigenvalue weighted by Crippen LogP contribution is 2.19. The van der Waals surface area contributed by atoms with Gasteiger partial charge in [0.2, 0.25) is 0 Å². The number of anilines is 4. The van der Waals surface area contributed by atoms with Crippen LogP contribution in [0.1, 0.15) is 11.1 Å². The first-order valence-electron chi connectivity index (χ1n) is 7.18. The molecule has 22 heavy (non-hydrogen) atoms. The van der Waals surface area contributed by atoms with Gasteiger partial charge in [0.25, 0.3) is 0 Å². The SMILES string of the molecule is Cc1ccc(Nc2cc(Nc3ccc(C)cc3)ncn2)cc1. The van der Waals surface area contributed by atoms with Gasteiger partial charge >= 0.3 is 0 Å². The van der Waals surface area contributed by atoms with Gasteiger partial charge in [0.05, 0.1) is 0 Å². The van der Waals surface area contributed by atoms with Crippen LogP contribution >= 0.6 is 0 Å². The summed E-state index contributed by atoms with van der Waals surface area (Å²) in [4.78, 5) is 8.50. The molecule has 0 aliphatic heterocycles. The lowest BCUT2D eigenvalue weighted by molar-refractivity contribution is 1.17. The number of aryl methyl sites for hydroxylation is 2. The van der Waals surface area contributed by atoms with E-state index < -0.39 is 0 Å². The molecule has 0 unspecified atom stereocenters. The molecule has 0 spiro atoms. The molecule has 0 amide bonds. The Labute approximate surface area is 130 Å². The predicted molar refractivity (Wildman–Crippen MR) is 91.0 cm³/mol. The average molecular weight is 290 g/mol. The third-order valence-electron chi connectivity index (χ3n) is 3.32. The second-order valence-corrected chi connectivity index (χ2v) is 5.27. The number of nitrogens with zero attached hydrogens (tertiary/aromatic N) is 2. The molecule has 0 aliphatic carbocycles. The summed E-state index contributed by atoms with van der Waals surface area (Å²) in [7, 11) is 0. The molecule has 0 fully saturated rings. The van der Waals surface area contributed by atoms with Crippen LogP contribution in [-0.4, -0.2) is 9.97 Å². The highest BCUT2D eigenvalue weighted by Gasteiger charge is 2.00. The lowest BCUT2D eigenvalue weighted by Crippen LogP contribution is -1.98. The van der Waals surface area contributed by atoms with Crippen LogP contribution in [0.3, 0.4) is 0 Å². The van der Waals surface area contributed by atoms with Crippen LogP contribution in [0.5, 0.6) is 0 Å². The summed E-state index contributed by atoms with van der Waals surface area (Å²) in [5, 5.41) is 6.55. The van der Waals surface area contributed by atoms with E-state index in [4.69, 9.17) is 0 Å². The number of rotatable bonds is 4. The summed E-state index contributed by atoms with van der Waals surface area (Å²) in [6.07, 6.45) is 1.55. The molecular weight excluding hydrogens is 272 g/mol. The minimum absolute atomic E-state index is 0.758. The summed E-state index contributed by atoms with van der Waals surface area (Å²) in [5.41, 5.74) is 4.47. The van der Waals surface area contributed by atoms with Crippen molar-refractivity contribution in [3.8, 4) is 0 Å². The van der Waals surface area contributed by atoms with Gasteiger partial charge in [-0.3, -0.25) is 0 Å². The molecule has 0 aliphatic rings. The van der Waals surface area contributed by atoms with Crippen LogP contribution in [0.25, 0.3) is 0 Å². The quantitative estimate of drug-likeness (QED) is 0.738. The van der Waals surface area contributed by atoms with Crippen LogP contribution in [-0.2, 0) is 0 Å². The molecule has 0 saturated carbocycles. The Morgan fingerprint density at radius 2 is 1.05 bits per heavy atom. The summed E-state index contributed by atoms with van der Waals surface area (Å²) in [6, 6.07) is 18.3. The highest BCUT2D eigenvalue weighted by molar-refractivity contribution is 5.63.